The van der Waals surface area contributed by atoms with Crippen molar-refractivity contribution in [2.24, 2.45) is 17.8 Å². The van der Waals surface area contributed by atoms with E-state index < -0.39 is 23.7 Å². The fraction of sp³-hybridized carbons (Fsp3) is 0.189. The predicted molar refractivity (Wildman–Crippen MR) is 172 cm³/mol. The molecule has 0 radical (unpaired) electrons. The first-order valence-electron chi connectivity index (χ1n) is 14.8. The zero-order valence-corrected chi connectivity index (χ0v) is 25.7. The largest absolute Gasteiger partial charge is 0.507 e. The van der Waals surface area contributed by atoms with Crippen molar-refractivity contribution in [3.05, 3.63) is 129 Å². The smallest absolute Gasteiger partial charge is 0.238 e. The van der Waals surface area contributed by atoms with Gasteiger partial charge in [0, 0.05) is 34.8 Å². The molecule has 0 saturated carbocycles. The van der Waals surface area contributed by atoms with Crippen molar-refractivity contribution in [1.29, 1.82) is 0 Å². The number of imide groups is 1. The quantitative estimate of drug-likeness (QED) is 0.182. The third-order valence-corrected chi connectivity index (χ3v) is 9.87. The summed E-state index contributed by atoms with van der Waals surface area (Å²) in [5.41, 5.74) is 4.12. The van der Waals surface area contributed by atoms with E-state index in [2.05, 4.69) is 22.5 Å². The number of hydrogen-bond acceptors (Lipinski definition) is 6. The third kappa shape index (κ3) is 4.80. The van der Waals surface area contributed by atoms with E-state index in [1.807, 2.05) is 36.4 Å². The van der Waals surface area contributed by atoms with E-state index in [4.69, 9.17) is 4.74 Å². The number of rotatable bonds is 6. The summed E-state index contributed by atoms with van der Waals surface area (Å²) in [7, 11) is 0. The van der Waals surface area contributed by atoms with Gasteiger partial charge in [-0.2, -0.15) is 0 Å². The van der Waals surface area contributed by atoms with Gasteiger partial charge < -0.3 is 9.84 Å². The maximum atomic E-state index is 14.1. The first-order valence-corrected chi connectivity index (χ1v) is 15.5. The number of anilines is 1. The van der Waals surface area contributed by atoms with Gasteiger partial charge >= 0.3 is 0 Å². The Kier molecular flexibility index (Phi) is 7.25. The highest BCUT2D eigenvalue weighted by molar-refractivity contribution is 9.12. The summed E-state index contributed by atoms with van der Waals surface area (Å²) in [6.45, 7) is 4.07. The molecular weight excluding hydrogens is 634 g/mol. The zero-order valence-electron chi connectivity index (χ0n) is 24.1. The third-order valence-electron chi connectivity index (χ3n) is 9.28. The number of Topliss-reactive ketones (excluding diaryl/α,β-unsaturated/α-hetero) is 1. The minimum Gasteiger partial charge on any atom is -0.507 e. The van der Waals surface area contributed by atoms with Crippen LogP contribution < -0.4 is 9.64 Å². The summed E-state index contributed by atoms with van der Waals surface area (Å²) in [5.74, 6) is -3.48. The van der Waals surface area contributed by atoms with Crippen molar-refractivity contribution in [1.82, 2.24) is 0 Å². The number of ketones is 2. The first-order chi connectivity index (χ1) is 21.8. The fourth-order valence-corrected chi connectivity index (χ4v) is 7.62. The Balaban J connectivity index is 1.27. The van der Waals surface area contributed by atoms with Crippen LogP contribution in [0.1, 0.15) is 35.4 Å². The molecule has 2 amide bonds. The van der Waals surface area contributed by atoms with Crippen molar-refractivity contribution in [3.8, 4) is 11.5 Å². The average molecular weight is 663 g/mol. The van der Waals surface area contributed by atoms with Crippen LogP contribution in [0.5, 0.6) is 11.5 Å². The minimum absolute atomic E-state index is 0.0901. The number of carbonyl (C=O) groups excluding carboxylic acids is 4. The summed E-state index contributed by atoms with van der Waals surface area (Å²) in [5, 5.41) is 11.4. The number of ether oxygens (including phenoxy) is 1. The molecule has 0 aromatic heterocycles. The van der Waals surface area contributed by atoms with E-state index in [1.165, 1.54) is 17.0 Å². The number of phenolic OH excluding ortho intramolecular Hbond substituents is 1. The normalized spacial score (nSPS) is 24.1. The highest BCUT2D eigenvalue weighted by atomic mass is 79.9. The molecule has 7 rings (SSSR count). The monoisotopic (exact) mass is 661 g/mol. The van der Waals surface area contributed by atoms with Crippen molar-refractivity contribution < 1.29 is 29.0 Å². The maximum absolute atomic E-state index is 14.1. The van der Waals surface area contributed by atoms with Crippen LogP contribution in [0, 0.1) is 17.8 Å². The van der Waals surface area contributed by atoms with Gasteiger partial charge in [-0.3, -0.25) is 24.1 Å². The first kappa shape index (κ1) is 28.9. The van der Waals surface area contributed by atoms with Gasteiger partial charge in [-0.25, -0.2) is 0 Å². The Labute approximate surface area is 268 Å². The van der Waals surface area contributed by atoms with Crippen molar-refractivity contribution in [2.45, 2.75) is 25.4 Å². The molecule has 224 valence electrons. The lowest BCUT2D eigenvalue weighted by Crippen LogP contribution is -2.39. The fourth-order valence-electron chi connectivity index (χ4n) is 7.17. The van der Waals surface area contributed by atoms with Crippen molar-refractivity contribution in [2.75, 3.05) is 4.90 Å². The van der Waals surface area contributed by atoms with Crippen LogP contribution in [0.4, 0.5) is 5.69 Å². The lowest BCUT2D eigenvalue weighted by molar-refractivity contribution is -0.123. The number of carbonyl (C=O) groups is 4. The number of halogens is 1. The van der Waals surface area contributed by atoms with E-state index >= 15 is 0 Å². The van der Waals surface area contributed by atoms with Gasteiger partial charge in [-0.1, -0.05) is 72.8 Å². The van der Waals surface area contributed by atoms with Gasteiger partial charge in [-0.05, 0) is 64.0 Å². The minimum atomic E-state index is -0.764. The Morgan fingerprint density at radius 1 is 0.956 bits per heavy atom. The van der Waals surface area contributed by atoms with Gasteiger partial charge in [0.2, 0.25) is 11.8 Å². The van der Waals surface area contributed by atoms with Crippen molar-refractivity contribution >= 4 is 51.1 Å². The number of benzene rings is 3. The second kappa shape index (κ2) is 11.3. The van der Waals surface area contributed by atoms with E-state index in [0.717, 1.165) is 16.7 Å². The SMILES string of the molecule is C=Cc1ccc(N2C(=O)C3CC=C4C(c5ccc(OCc6ccccc6)cc5O)C5=C(CC4C3C2=O)C(=O)C(Br)=CC5=O)cc1. The molecule has 1 aliphatic heterocycles. The van der Waals surface area contributed by atoms with Gasteiger partial charge in [0.1, 0.15) is 18.1 Å². The van der Waals surface area contributed by atoms with Crippen LogP contribution >= 0.6 is 15.9 Å². The molecule has 0 spiro atoms. The molecule has 8 heteroatoms. The number of allylic oxidation sites excluding steroid dienone is 6. The average Bonchev–Trinajstić information content (AvgIpc) is 3.31. The highest BCUT2D eigenvalue weighted by Gasteiger charge is 2.56. The molecule has 1 N–H and O–H groups in total. The number of aromatic hydroxyl groups is 1. The maximum Gasteiger partial charge on any atom is 0.238 e. The van der Waals surface area contributed by atoms with Gasteiger partial charge in [0.05, 0.1) is 22.0 Å². The van der Waals surface area contributed by atoms with Crippen LogP contribution in [0.3, 0.4) is 0 Å². The van der Waals surface area contributed by atoms with E-state index in [1.54, 1.807) is 42.5 Å². The van der Waals surface area contributed by atoms with Crippen LogP contribution in [0.2, 0.25) is 0 Å². The van der Waals surface area contributed by atoms with E-state index in [-0.39, 0.29) is 40.0 Å². The van der Waals surface area contributed by atoms with Crippen LogP contribution in [-0.2, 0) is 25.8 Å². The number of nitrogens with zero attached hydrogens (tertiary/aromatic N) is 1. The van der Waals surface area contributed by atoms with Crippen molar-refractivity contribution in [3.63, 3.8) is 0 Å². The van der Waals surface area contributed by atoms with E-state index in [9.17, 15) is 24.3 Å². The van der Waals surface area contributed by atoms with Crippen LogP contribution in [0.25, 0.3) is 6.08 Å². The number of phenols is 1. The molecule has 0 bridgehead atoms. The molecule has 45 heavy (non-hydrogen) atoms. The molecule has 3 aliphatic carbocycles. The summed E-state index contributed by atoms with van der Waals surface area (Å²) in [6, 6.07) is 21.6. The van der Waals surface area contributed by atoms with Gasteiger partial charge in [-0.15, -0.1) is 0 Å². The van der Waals surface area contributed by atoms with Crippen LogP contribution in [0.15, 0.2) is 113 Å². The van der Waals surface area contributed by atoms with E-state index in [0.29, 0.717) is 41.2 Å². The second-order valence-electron chi connectivity index (χ2n) is 11.7. The standard InChI is InChI=1S/C37H28BrNO6/c1-2-20-8-10-22(11-9-20)39-36(43)26-15-14-24-27(33(26)37(39)44)17-28-34(31(41)18-29(38)35(28)42)32(24)25-13-12-23(16-30(25)40)45-19-21-6-4-3-5-7-21/h2-14,16,18,26-27,32-33,40H,1,15,17,19H2. The molecular formula is C37H28BrNO6. The molecule has 3 aromatic rings. The Bertz CT molecular complexity index is 1890. The molecule has 1 heterocycles. The molecule has 7 nitrogen and oxygen atoms in total. The number of fused-ring (bicyclic) bond motifs is 3. The molecule has 1 saturated heterocycles. The Morgan fingerprint density at radius 3 is 2.42 bits per heavy atom. The predicted octanol–water partition coefficient (Wildman–Crippen LogP) is 6.58. The van der Waals surface area contributed by atoms with Gasteiger partial charge in [0.25, 0.3) is 0 Å². The number of hydrogen-bond donors (Lipinski definition) is 1. The van der Waals surface area contributed by atoms with Crippen LogP contribution in [-0.4, -0.2) is 28.5 Å². The molecule has 4 unspecified atom stereocenters. The lowest BCUT2D eigenvalue weighted by Gasteiger charge is -2.42. The lowest BCUT2D eigenvalue weighted by atomic mass is 9.59. The number of amides is 2. The molecule has 4 atom stereocenters. The Hall–Kier alpha value is -4.82. The molecule has 3 aromatic carbocycles. The summed E-state index contributed by atoms with van der Waals surface area (Å²) >= 11 is 3.25. The highest BCUT2D eigenvalue weighted by Crippen LogP contribution is 2.56. The molecule has 4 aliphatic rings. The Morgan fingerprint density at radius 2 is 1.71 bits per heavy atom. The summed E-state index contributed by atoms with van der Waals surface area (Å²) in [4.78, 5) is 56.0. The molecule has 1 fully saturated rings. The zero-order chi connectivity index (χ0) is 31.4. The summed E-state index contributed by atoms with van der Waals surface area (Å²) < 4.78 is 6.06. The van der Waals surface area contributed by atoms with Gasteiger partial charge in [0.15, 0.2) is 11.6 Å². The second-order valence-corrected chi connectivity index (χ2v) is 12.6. The topological polar surface area (TPSA) is 101 Å². The summed E-state index contributed by atoms with van der Waals surface area (Å²) in [6.07, 6.45) is 5.34.